The first-order valence-corrected chi connectivity index (χ1v) is 7.60. The van der Waals surface area contributed by atoms with Crippen LogP contribution in [0.1, 0.15) is 27.0 Å². The molecule has 0 saturated carbocycles. The normalized spacial score (nSPS) is 10.6. The predicted molar refractivity (Wildman–Crippen MR) is 93.5 cm³/mol. The van der Waals surface area contributed by atoms with E-state index in [1.54, 1.807) is 12.1 Å². The molecule has 2 rings (SSSR count). The molecule has 0 spiro atoms. The van der Waals surface area contributed by atoms with Gasteiger partial charge in [-0.1, -0.05) is 23.8 Å². The van der Waals surface area contributed by atoms with E-state index in [-0.39, 0.29) is 5.75 Å². The van der Waals surface area contributed by atoms with Crippen LogP contribution in [0.5, 0.6) is 5.75 Å². The number of ether oxygens (including phenoxy) is 1. The van der Waals surface area contributed by atoms with Crippen LogP contribution in [0.4, 0.5) is 4.39 Å². The summed E-state index contributed by atoms with van der Waals surface area (Å²) in [5.41, 5.74) is 7.47. The number of hydrogen-bond acceptors (Lipinski definition) is 3. The number of hydrogen-bond donors (Lipinski definition) is 2. The van der Waals surface area contributed by atoms with Crippen LogP contribution in [0.15, 0.2) is 42.5 Å². The molecule has 0 radical (unpaired) electrons. The number of nitrogens with one attached hydrogen (secondary N) is 2. The van der Waals surface area contributed by atoms with Crippen molar-refractivity contribution in [2.75, 3.05) is 7.11 Å². The molecular formula is C19H19FN2O3. The second-order valence-electron chi connectivity index (χ2n) is 5.49. The highest BCUT2D eigenvalue weighted by molar-refractivity contribution is 5.98. The lowest BCUT2D eigenvalue weighted by molar-refractivity contribution is -0.117. The summed E-state index contributed by atoms with van der Waals surface area (Å²) in [6.45, 7) is 3.76. The number of carbonyl (C=O) groups is 2. The van der Waals surface area contributed by atoms with Gasteiger partial charge in [0, 0.05) is 11.6 Å². The summed E-state index contributed by atoms with van der Waals surface area (Å²) in [5.74, 6) is -1.33. The molecule has 2 aromatic carbocycles. The Labute approximate surface area is 145 Å². The van der Waals surface area contributed by atoms with Gasteiger partial charge < -0.3 is 4.74 Å². The van der Waals surface area contributed by atoms with Crippen molar-refractivity contribution in [3.8, 4) is 5.75 Å². The lowest BCUT2D eigenvalue weighted by Crippen LogP contribution is -2.41. The molecule has 0 heterocycles. The molecule has 5 nitrogen and oxygen atoms in total. The van der Waals surface area contributed by atoms with Crippen molar-refractivity contribution in [2.45, 2.75) is 13.8 Å². The minimum atomic E-state index is -0.533. The van der Waals surface area contributed by atoms with Gasteiger partial charge in [-0.2, -0.15) is 0 Å². The monoisotopic (exact) mass is 342 g/mol. The third-order valence-electron chi connectivity index (χ3n) is 3.53. The molecule has 0 aliphatic rings. The molecule has 0 unspecified atom stereocenters. The molecule has 0 aromatic heterocycles. The van der Waals surface area contributed by atoms with Gasteiger partial charge in [-0.25, -0.2) is 4.39 Å². The van der Waals surface area contributed by atoms with Crippen molar-refractivity contribution in [2.24, 2.45) is 0 Å². The second kappa shape index (κ2) is 8.10. The Bertz CT molecular complexity index is 831. The van der Waals surface area contributed by atoms with Gasteiger partial charge in [0.1, 0.15) is 0 Å². The van der Waals surface area contributed by atoms with Gasteiger partial charge in [0.15, 0.2) is 11.6 Å². The van der Waals surface area contributed by atoms with E-state index in [0.29, 0.717) is 11.1 Å². The van der Waals surface area contributed by atoms with Crippen molar-refractivity contribution in [3.63, 3.8) is 0 Å². The van der Waals surface area contributed by atoms with Crippen LogP contribution in [0.3, 0.4) is 0 Å². The van der Waals surface area contributed by atoms with Crippen molar-refractivity contribution < 1.29 is 18.7 Å². The summed E-state index contributed by atoms with van der Waals surface area (Å²) in [6, 6.07) is 9.73. The molecule has 2 aromatic rings. The van der Waals surface area contributed by atoms with Gasteiger partial charge in [-0.3, -0.25) is 20.4 Å². The van der Waals surface area contributed by atoms with Gasteiger partial charge in [-0.15, -0.1) is 0 Å². The van der Waals surface area contributed by atoms with Gasteiger partial charge >= 0.3 is 0 Å². The third-order valence-corrected chi connectivity index (χ3v) is 3.53. The average Bonchev–Trinajstić information content (AvgIpc) is 2.58. The Morgan fingerprint density at radius 1 is 1.08 bits per heavy atom. The molecule has 0 atom stereocenters. The van der Waals surface area contributed by atoms with Crippen LogP contribution in [0.2, 0.25) is 0 Å². The summed E-state index contributed by atoms with van der Waals surface area (Å²) in [5, 5.41) is 0. The summed E-state index contributed by atoms with van der Waals surface area (Å²) in [4.78, 5) is 23.8. The maximum atomic E-state index is 13.6. The van der Waals surface area contributed by atoms with Crippen LogP contribution in [0, 0.1) is 19.7 Å². The maximum absolute atomic E-state index is 13.6. The molecule has 0 saturated heterocycles. The van der Waals surface area contributed by atoms with E-state index in [1.165, 1.54) is 31.4 Å². The highest BCUT2D eigenvalue weighted by atomic mass is 19.1. The number of aryl methyl sites for hydroxylation is 2. The Hall–Kier alpha value is -3.15. The third kappa shape index (κ3) is 4.91. The van der Waals surface area contributed by atoms with E-state index in [9.17, 15) is 14.0 Å². The average molecular weight is 342 g/mol. The summed E-state index contributed by atoms with van der Waals surface area (Å²) >= 11 is 0. The number of methoxy groups -OCH3 is 1. The fourth-order valence-electron chi connectivity index (χ4n) is 2.25. The first-order valence-electron chi connectivity index (χ1n) is 7.60. The Balaban J connectivity index is 1.94. The Kier molecular flexibility index (Phi) is 5.89. The largest absolute Gasteiger partial charge is 0.494 e. The number of benzene rings is 2. The summed E-state index contributed by atoms with van der Waals surface area (Å²) in [7, 11) is 1.37. The lowest BCUT2D eigenvalue weighted by atomic mass is 10.1. The number of amides is 2. The predicted octanol–water partition coefficient (Wildman–Crippen LogP) is 2.93. The maximum Gasteiger partial charge on any atom is 0.269 e. The van der Waals surface area contributed by atoms with Gasteiger partial charge in [0.25, 0.3) is 11.8 Å². The molecule has 0 aliphatic carbocycles. The Morgan fingerprint density at radius 3 is 2.48 bits per heavy atom. The first kappa shape index (κ1) is 18.2. The standard InChI is InChI=1S/C19H19FN2O3/c1-12-4-7-15(13(2)10-12)19(24)22-21-18(23)9-6-14-5-8-17(25-3)16(20)11-14/h4-11H,1-3H3,(H,21,23)(H,22,24)/b9-6+. The number of carbonyl (C=O) groups excluding carboxylic acids is 2. The smallest absolute Gasteiger partial charge is 0.269 e. The summed E-state index contributed by atoms with van der Waals surface area (Å²) < 4.78 is 18.4. The van der Waals surface area contributed by atoms with Crippen LogP contribution >= 0.6 is 0 Å². The molecule has 0 fully saturated rings. The van der Waals surface area contributed by atoms with E-state index < -0.39 is 17.6 Å². The zero-order valence-corrected chi connectivity index (χ0v) is 14.2. The van der Waals surface area contributed by atoms with E-state index in [1.807, 2.05) is 26.0 Å². The summed E-state index contributed by atoms with van der Waals surface area (Å²) in [6.07, 6.45) is 2.63. The van der Waals surface area contributed by atoms with Gasteiger partial charge in [-0.05, 0) is 49.2 Å². The second-order valence-corrected chi connectivity index (χ2v) is 5.49. The van der Waals surface area contributed by atoms with Crippen molar-refractivity contribution in [1.82, 2.24) is 10.9 Å². The van der Waals surface area contributed by atoms with Crippen LogP contribution in [0.25, 0.3) is 6.08 Å². The van der Waals surface area contributed by atoms with Gasteiger partial charge in [0.2, 0.25) is 0 Å². The molecule has 2 amide bonds. The van der Waals surface area contributed by atoms with E-state index in [0.717, 1.165) is 11.1 Å². The zero-order chi connectivity index (χ0) is 18.4. The zero-order valence-electron chi connectivity index (χ0n) is 14.2. The van der Waals surface area contributed by atoms with Crippen LogP contribution in [-0.2, 0) is 4.79 Å². The molecule has 25 heavy (non-hydrogen) atoms. The van der Waals surface area contributed by atoms with E-state index >= 15 is 0 Å². The number of rotatable bonds is 4. The van der Waals surface area contributed by atoms with E-state index in [4.69, 9.17) is 4.74 Å². The quantitative estimate of drug-likeness (QED) is 0.663. The minimum Gasteiger partial charge on any atom is -0.494 e. The highest BCUT2D eigenvalue weighted by Crippen LogP contribution is 2.18. The van der Waals surface area contributed by atoms with Crippen molar-refractivity contribution in [1.29, 1.82) is 0 Å². The molecule has 0 aliphatic heterocycles. The molecular weight excluding hydrogens is 323 g/mol. The fourth-order valence-corrected chi connectivity index (χ4v) is 2.25. The minimum absolute atomic E-state index is 0.127. The van der Waals surface area contributed by atoms with Crippen molar-refractivity contribution in [3.05, 3.63) is 70.5 Å². The van der Waals surface area contributed by atoms with Crippen LogP contribution in [-0.4, -0.2) is 18.9 Å². The number of hydrazine groups is 1. The van der Waals surface area contributed by atoms with E-state index in [2.05, 4.69) is 10.9 Å². The molecule has 0 bridgehead atoms. The Morgan fingerprint density at radius 2 is 1.84 bits per heavy atom. The molecule has 130 valence electrons. The lowest BCUT2D eigenvalue weighted by Gasteiger charge is -2.08. The van der Waals surface area contributed by atoms with Crippen LogP contribution < -0.4 is 15.6 Å². The highest BCUT2D eigenvalue weighted by Gasteiger charge is 2.09. The first-order chi connectivity index (χ1) is 11.9. The molecule has 2 N–H and O–H groups in total. The number of halogens is 1. The topological polar surface area (TPSA) is 67.4 Å². The SMILES string of the molecule is COc1ccc(/C=C/C(=O)NNC(=O)c2ccc(C)cc2C)cc1F. The van der Waals surface area contributed by atoms with Crippen molar-refractivity contribution >= 4 is 17.9 Å². The molecule has 6 heteroatoms. The van der Waals surface area contributed by atoms with Gasteiger partial charge in [0.05, 0.1) is 7.11 Å². The fraction of sp³-hybridized carbons (Fsp3) is 0.158.